The second-order valence-corrected chi connectivity index (χ2v) is 4.15. The van der Waals surface area contributed by atoms with Crippen LogP contribution in [0.3, 0.4) is 0 Å². The van der Waals surface area contributed by atoms with Crippen LogP contribution < -0.4 is 11.1 Å². The molecule has 0 radical (unpaired) electrons. The molecule has 1 saturated heterocycles. The highest BCUT2D eigenvalue weighted by molar-refractivity contribution is 5.83. The predicted molar refractivity (Wildman–Crippen MR) is 77.7 cm³/mol. The zero-order valence-electron chi connectivity index (χ0n) is 11.2. The van der Waals surface area contributed by atoms with Crippen molar-refractivity contribution in [2.75, 3.05) is 6.54 Å². The van der Waals surface area contributed by atoms with Crippen molar-refractivity contribution in [2.24, 2.45) is 10.8 Å². The van der Waals surface area contributed by atoms with Gasteiger partial charge >= 0.3 is 6.03 Å². The van der Waals surface area contributed by atoms with E-state index in [1.807, 2.05) is 19.1 Å². The van der Waals surface area contributed by atoms with Crippen LogP contribution in [0.15, 0.2) is 52.3 Å². The lowest BCUT2D eigenvalue weighted by Gasteiger charge is -2.03. The minimum atomic E-state index is -0.317. The minimum Gasteiger partial charge on any atom is -0.455 e. The number of rotatable bonds is 4. The maximum atomic E-state index is 11.5. The molecule has 2 heterocycles. The molecule has 2 rings (SSSR count). The fourth-order valence-corrected chi connectivity index (χ4v) is 1.67. The molecule has 0 atom stereocenters. The molecule has 104 valence electrons. The van der Waals surface area contributed by atoms with Crippen molar-refractivity contribution in [2.45, 2.75) is 6.92 Å². The Morgan fingerprint density at radius 1 is 1.60 bits per heavy atom. The molecule has 3 N–H and O–H groups in total. The zero-order valence-corrected chi connectivity index (χ0v) is 11.2. The third-order valence-electron chi connectivity index (χ3n) is 2.66. The van der Waals surface area contributed by atoms with Crippen molar-refractivity contribution in [1.82, 2.24) is 10.3 Å². The molecule has 2 amide bonds. The van der Waals surface area contributed by atoms with Crippen molar-refractivity contribution >= 4 is 17.8 Å². The van der Waals surface area contributed by atoms with Gasteiger partial charge in [0.05, 0.1) is 18.5 Å². The van der Waals surface area contributed by atoms with Crippen LogP contribution in [-0.4, -0.2) is 23.8 Å². The van der Waals surface area contributed by atoms with E-state index in [2.05, 4.69) is 17.0 Å². The molecule has 1 aliphatic heterocycles. The van der Waals surface area contributed by atoms with Crippen LogP contribution in [0.25, 0.3) is 5.57 Å². The topological polar surface area (TPSA) is 83.9 Å². The Labute approximate surface area is 116 Å². The van der Waals surface area contributed by atoms with E-state index in [1.165, 1.54) is 17.4 Å². The lowest BCUT2D eigenvalue weighted by Crippen LogP contribution is -2.23. The summed E-state index contributed by atoms with van der Waals surface area (Å²) < 4.78 is 5.55. The van der Waals surface area contributed by atoms with Crippen LogP contribution in [0.5, 0.6) is 0 Å². The molecule has 0 spiro atoms. The Kier molecular flexibility index (Phi) is 4.05. The Bertz CT molecular complexity index is 610. The molecule has 0 saturated carbocycles. The molecule has 20 heavy (non-hydrogen) atoms. The molecular weight excluding hydrogens is 256 g/mol. The average Bonchev–Trinajstić information content (AvgIpc) is 3.03. The second kappa shape index (κ2) is 5.92. The van der Waals surface area contributed by atoms with Crippen molar-refractivity contribution in [3.8, 4) is 0 Å². The normalized spacial score (nSPS) is 17.6. The zero-order chi connectivity index (χ0) is 14.5. The van der Waals surface area contributed by atoms with E-state index < -0.39 is 0 Å². The van der Waals surface area contributed by atoms with Crippen LogP contribution in [0.1, 0.15) is 18.4 Å². The number of urea groups is 1. The SMILES string of the molecule is C=C(/C=C\C)c1ccc(/C=N/N2CC(=CN)NC2=O)o1. The Morgan fingerprint density at radius 2 is 2.40 bits per heavy atom. The van der Waals surface area contributed by atoms with Crippen molar-refractivity contribution in [3.63, 3.8) is 0 Å². The van der Waals surface area contributed by atoms with Gasteiger partial charge in [0.1, 0.15) is 11.5 Å². The number of allylic oxidation sites excluding steroid dienone is 3. The molecule has 6 nitrogen and oxygen atoms in total. The molecule has 1 aromatic rings. The molecule has 1 aliphatic rings. The van der Waals surface area contributed by atoms with Gasteiger partial charge in [-0.1, -0.05) is 18.7 Å². The van der Waals surface area contributed by atoms with Gasteiger partial charge in [0.2, 0.25) is 0 Å². The molecule has 6 heteroatoms. The monoisotopic (exact) mass is 272 g/mol. The number of amides is 2. The number of carbonyl (C=O) groups is 1. The summed E-state index contributed by atoms with van der Waals surface area (Å²) in [5.74, 6) is 1.21. The molecule has 0 bridgehead atoms. The highest BCUT2D eigenvalue weighted by Gasteiger charge is 2.22. The summed E-state index contributed by atoms with van der Waals surface area (Å²) in [5.41, 5.74) is 6.74. The van der Waals surface area contributed by atoms with Gasteiger partial charge in [0, 0.05) is 11.8 Å². The quantitative estimate of drug-likeness (QED) is 0.649. The van der Waals surface area contributed by atoms with Gasteiger partial charge in [-0.3, -0.25) is 0 Å². The maximum Gasteiger partial charge on any atom is 0.342 e. The van der Waals surface area contributed by atoms with Crippen LogP contribution in [0.2, 0.25) is 0 Å². The fraction of sp³-hybridized carbons (Fsp3) is 0.143. The van der Waals surface area contributed by atoms with Crippen LogP contribution >= 0.6 is 0 Å². The van der Waals surface area contributed by atoms with E-state index in [-0.39, 0.29) is 6.03 Å². The summed E-state index contributed by atoms with van der Waals surface area (Å²) in [6.07, 6.45) is 6.56. The van der Waals surface area contributed by atoms with E-state index >= 15 is 0 Å². The summed E-state index contributed by atoms with van der Waals surface area (Å²) in [7, 11) is 0. The maximum absolute atomic E-state index is 11.5. The van der Waals surface area contributed by atoms with Crippen molar-refractivity contribution in [3.05, 3.63) is 54.3 Å². The van der Waals surface area contributed by atoms with Crippen LogP contribution in [0.4, 0.5) is 4.79 Å². The van der Waals surface area contributed by atoms with E-state index in [9.17, 15) is 4.79 Å². The second-order valence-electron chi connectivity index (χ2n) is 4.15. The number of furan rings is 1. The lowest BCUT2D eigenvalue weighted by atomic mass is 10.2. The number of nitrogens with one attached hydrogen (secondary N) is 1. The van der Waals surface area contributed by atoms with Gasteiger partial charge in [0.25, 0.3) is 0 Å². The van der Waals surface area contributed by atoms with Crippen molar-refractivity contribution < 1.29 is 9.21 Å². The Hall–Kier alpha value is -2.76. The number of hydrogen-bond acceptors (Lipinski definition) is 4. The number of carbonyl (C=O) groups excluding carboxylic acids is 1. The molecule has 0 aliphatic carbocycles. The van der Waals surface area contributed by atoms with E-state index in [0.29, 0.717) is 23.8 Å². The van der Waals surface area contributed by atoms with Crippen LogP contribution in [0, 0.1) is 0 Å². The minimum absolute atomic E-state index is 0.317. The third kappa shape index (κ3) is 2.97. The number of nitrogens with two attached hydrogens (primary N) is 1. The first kappa shape index (κ1) is 13.7. The highest BCUT2D eigenvalue weighted by Crippen LogP contribution is 2.16. The average molecular weight is 272 g/mol. The summed E-state index contributed by atoms with van der Waals surface area (Å²) in [4.78, 5) is 11.5. The first-order valence-electron chi connectivity index (χ1n) is 6.09. The van der Waals surface area contributed by atoms with Gasteiger partial charge in [-0.2, -0.15) is 5.10 Å². The van der Waals surface area contributed by atoms with Gasteiger partial charge < -0.3 is 15.5 Å². The molecule has 1 fully saturated rings. The van der Waals surface area contributed by atoms with Gasteiger partial charge in [-0.25, -0.2) is 9.80 Å². The van der Waals surface area contributed by atoms with E-state index in [1.54, 1.807) is 12.1 Å². The number of nitrogens with zero attached hydrogens (tertiary/aromatic N) is 2. The van der Waals surface area contributed by atoms with Crippen LogP contribution in [-0.2, 0) is 0 Å². The highest BCUT2D eigenvalue weighted by atomic mass is 16.3. The Morgan fingerprint density at radius 3 is 3.05 bits per heavy atom. The summed E-state index contributed by atoms with van der Waals surface area (Å²) >= 11 is 0. The van der Waals surface area contributed by atoms with Gasteiger partial charge in [-0.05, 0) is 19.1 Å². The first-order valence-corrected chi connectivity index (χ1v) is 6.09. The molecule has 1 aromatic heterocycles. The lowest BCUT2D eigenvalue weighted by molar-refractivity contribution is 0.219. The number of hydrogen-bond donors (Lipinski definition) is 2. The number of hydrazone groups is 1. The summed E-state index contributed by atoms with van der Waals surface area (Å²) in [5, 5.41) is 7.90. The largest absolute Gasteiger partial charge is 0.455 e. The molecular formula is C14H16N4O2. The van der Waals surface area contributed by atoms with Crippen molar-refractivity contribution in [1.29, 1.82) is 0 Å². The van der Waals surface area contributed by atoms with E-state index in [4.69, 9.17) is 10.2 Å². The third-order valence-corrected chi connectivity index (χ3v) is 2.66. The summed E-state index contributed by atoms with van der Waals surface area (Å²) in [6.45, 7) is 6.11. The van der Waals surface area contributed by atoms with Gasteiger partial charge in [-0.15, -0.1) is 0 Å². The fourth-order valence-electron chi connectivity index (χ4n) is 1.67. The van der Waals surface area contributed by atoms with E-state index in [0.717, 1.165) is 5.57 Å². The Balaban J connectivity index is 2.05. The smallest absolute Gasteiger partial charge is 0.342 e. The molecule has 0 unspecified atom stereocenters. The standard InChI is InChI=1S/C14H16N4O2/c1-3-4-10(2)13-6-5-12(20-13)8-16-18-9-11(7-15)17-14(18)19/h3-8H,2,9,15H2,1H3,(H,17,19)/b4-3-,11-7?,16-8+. The van der Waals surface area contributed by atoms with Gasteiger partial charge in [0.15, 0.2) is 0 Å². The first-order chi connectivity index (χ1) is 9.63. The summed E-state index contributed by atoms with van der Waals surface area (Å²) in [6, 6.07) is 3.25. The predicted octanol–water partition coefficient (Wildman–Crippen LogP) is 2.03. The molecule has 0 aromatic carbocycles.